The highest BCUT2D eigenvalue weighted by atomic mass is 16.5. The minimum absolute atomic E-state index is 0.00833. The first-order chi connectivity index (χ1) is 9.77. The van der Waals surface area contributed by atoms with Gasteiger partial charge in [0.25, 0.3) is 0 Å². The van der Waals surface area contributed by atoms with Crippen molar-refractivity contribution in [1.29, 1.82) is 0 Å². The molecule has 0 unspecified atom stereocenters. The molecule has 0 spiro atoms. The number of ether oxygens (including phenoxy) is 1. The third-order valence-corrected chi connectivity index (χ3v) is 5.15. The van der Waals surface area contributed by atoms with Gasteiger partial charge in [0, 0.05) is 11.5 Å². The van der Waals surface area contributed by atoms with Gasteiger partial charge < -0.3 is 4.74 Å². The Morgan fingerprint density at radius 3 is 2.25 bits per heavy atom. The molecule has 2 bridgehead atoms. The van der Waals surface area contributed by atoms with Crippen molar-refractivity contribution in [3.05, 3.63) is 70.3 Å². The van der Waals surface area contributed by atoms with Crippen molar-refractivity contribution in [2.45, 2.75) is 25.0 Å². The smallest absolute Gasteiger partial charge is 0.170 e. The van der Waals surface area contributed by atoms with Gasteiger partial charge in [-0.1, -0.05) is 42.5 Å². The van der Waals surface area contributed by atoms with Gasteiger partial charge in [0.05, 0.1) is 18.1 Å². The zero-order valence-electron chi connectivity index (χ0n) is 11.2. The first-order valence-corrected chi connectivity index (χ1v) is 7.15. The summed E-state index contributed by atoms with van der Waals surface area (Å²) < 4.78 is 6.16. The van der Waals surface area contributed by atoms with Crippen molar-refractivity contribution in [2.24, 2.45) is 5.92 Å². The Bertz CT molecular complexity index is 762. The van der Waals surface area contributed by atoms with Crippen LogP contribution < -0.4 is 0 Å². The van der Waals surface area contributed by atoms with E-state index in [4.69, 9.17) is 4.74 Å². The minimum atomic E-state index is -0.0412. The van der Waals surface area contributed by atoms with Gasteiger partial charge in [-0.3, -0.25) is 4.79 Å². The van der Waals surface area contributed by atoms with Crippen LogP contribution in [-0.4, -0.2) is 5.78 Å². The summed E-state index contributed by atoms with van der Waals surface area (Å²) in [4.78, 5) is 12.8. The zero-order valence-corrected chi connectivity index (χ0v) is 11.2. The van der Waals surface area contributed by atoms with Gasteiger partial charge in [-0.2, -0.15) is 0 Å². The predicted molar refractivity (Wildman–Crippen MR) is 74.7 cm³/mol. The molecule has 1 aliphatic carbocycles. The third kappa shape index (κ3) is 1.05. The molecule has 98 valence electrons. The molecule has 3 aliphatic rings. The summed E-state index contributed by atoms with van der Waals surface area (Å²) in [6, 6.07) is 14.6. The van der Waals surface area contributed by atoms with Crippen LogP contribution in [0.15, 0.2) is 42.5 Å². The molecule has 2 aromatic rings. The Hall–Kier alpha value is -1.93. The Labute approximate surface area is 117 Å². The largest absolute Gasteiger partial charge is 0.364 e. The SMILES string of the molecule is Cc1cccc2c1C(=O)[C@@H]1[C@H]2[C@@H]2O[C@H]1c1ccccc12. The molecule has 2 heterocycles. The number of hydrogen-bond acceptors (Lipinski definition) is 2. The summed E-state index contributed by atoms with van der Waals surface area (Å²) in [5.41, 5.74) is 5.75. The van der Waals surface area contributed by atoms with Crippen molar-refractivity contribution >= 4 is 5.78 Å². The Morgan fingerprint density at radius 2 is 1.50 bits per heavy atom. The third-order valence-electron chi connectivity index (χ3n) is 5.15. The van der Waals surface area contributed by atoms with E-state index in [-0.39, 0.29) is 29.8 Å². The summed E-state index contributed by atoms with van der Waals surface area (Å²) in [5, 5.41) is 0. The number of benzene rings is 2. The van der Waals surface area contributed by atoms with Gasteiger partial charge >= 0.3 is 0 Å². The average Bonchev–Trinajstić information content (AvgIpc) is 3.10. The van der Waals surface area contributed by atoms with Crippen LogP contribution in [0, 0.1) is 12.8 Å². The number of hydrogen-bond donors (Lipinski definition) is 0. The van der Waals surface area contributed by atoms with Crippen LogP contribution in [0.25, 0.3) is 0 Å². The molecule has 2 aromatic carbocycles. The maximum Gasteiger partial charge on any atom is 0.170 e. The lowest BCUT2D eigenvalue weighted by atomic mass is 9.76. The summed E-state index contributed by atoms with van der Waals surface area (Å²) in [6.45, 7) is 2.04. The number of fused-ring (bicyclic) bond motifs is 10. The van der Waals surface area contributed by atoms with Crippen molar-refractivity contribution < 1.29 is 9.53 Å². The second-order valence-corrected chi connectivity index (χ2v) is 6.06. The van der Waals surface area contributed by atoms with Gasteiger partial charge in [-0.25, -0.2) is 0 Å². The average molecular weight is 262 g/mol. The number of ketones is 1. The second kappa shape index (κ2) is 3.39. The topological polar surface area (TPSA) is 26.3 Å². The Morgan fingerprint density at radius 1 is 0.850 bits per heavy atom. The van der Waals surface area contributed by atoms with E-state index in [1.54, 1.807) is 0 Å². The van der Waals surface area contributed by atoms with E-state index < -0.39 is 0 Å². The quantitative estimate of drug-likeness (QED) is 0.723. The molecule has 0 amide bonds. The van der Waals surface area contributed by atoms with E-state index in [2.05, 4.69) is 30.3 Å². The molecule has 2 heteroatoms. The number of carbonyl (C=O) groups excluding carboxylic acids is 1. The molecule has 5 rings (SSSR count). The van der Waals surface area contributed by atoms with E-state index in [9.17, 15) is 4.79 Å². The summed E-state index contributed by atoms with van der Waals surface area (Å²) in [6.07, 6.45) is 0.0219. The zero-order chi connectivity index (χ0) is 13.4. The molecule has 0 radical (unpaired) electrons. The van der Waals surface area contributed by atoms with E-state index >= 15 is 0 Å². The summed E-state index contributed by atoms with van der Waals surface area (Å²) >= 11 is 0. The number of Topliss-reactive ketones (excluding diaryl/α,β-unsaturated/α-hetero) is 1. The Kier molecular flexibility index (Phi) is 1.83. The van der Waals surface area contributed by atoms with E-state index in [1.165, 1.54) is 16.7 Å². The van der Waals surface area contributed by atoms with Gasteiger partial charge in [-0.15, -0.1) is 0 Å². The fourth-order valence-corrected chi connectivity index (χ4v) is 4.40. The predicted octanol–water partition coefficient (Wildman–Crippen LogP) is 3.72. The lowest BCUT2D eigenvalue weighted by Crippen LogP contribution is -2.20. The van der Waals surface area contributed by atoms with Crippen LogP contribution in [0.5, 0.6) is 0 Å². The van der Waals surface area contributed by atoms with Gasteiger partial charge in [0.2, 0.25) is 0 Å². The van der Waals surface area contributed by atoms with Crippen LogP contribution in [0.2, 0.25) is 0 Å². The maximum atomic E-state index is 12.8. The second-order valence-electron chi connectivity index (χ2n) is 6.06. The molecule has 2 nitrogen and oxygen atoms in total. The van der Waals surface area contributed by atoms with Crippen LogP contribution in [0.4, 0.5) is 0 Å². The highest BCUT2D eigenvalue weighted by Crippen LogP contribution is 2.64. The van der Waals surface area contributed by atoms with E-state index in [0.717, 1.165) is 11.1 Å². The monoisotopic (exact) mass is 262 g/mol. The first kappa shape index (κ1) is 10.8. The fraction of sp³-hybridized carbons (Fsp3) is 0.278. The highest BCUT2D eigenvalue weighted by Gasteiger charge is 2.59. The van der Waals surface area contributed by atoms with Crippen LogP contribution in [0.3, 0.4) is 0 Å². The molecule has 0 N–H and O–H groups in total. The summed E-state index contributed by atoms with van der Waals surface area (Å²) in [7, 11) is 0. The summed E-state index contributed by atoms with van der Waals surface area (Å²) in [5.74, 6) is 0.494. The van der Waals surface area contributed by atoms with E-state index in [0.29, 0.717) is 0 Å². The number of carbonyl (C=O) groups is 1. The molecule has 1 fully saturated rings. The lowest BCUT2D eigenvalue weighted by Gasteiger charge is -2.22. The molecule has 2 aliphatic heterocycles. The van der Waals surface area contributed by atoms with Gasteiger partial charge in [0.1, 0.15) is 0 Å². The molecule has 0 saturated carbocycles. The van der Waals surface area contributed by atoms with Crippen molar-refractivity contribution in [3.8, 4) is 0 Å². The normalized spacial score (nSPS) is 32.1. The standard InChI is InChI=1S/C18H14O2/c1-9-5-4-8-12-13(9)16(19)15-14(12)17-10-6-2-3-7-11(10)18(15)20-17/h2-8,14-15,17-18H,1H3/t14-,15-,17+,18-/m0/s1. The Balaban J connectivity index is 1.77. The molecular formula is C18H14O2. The fourth-order valence-electron chi connectivity index (χ4n) is 4.40. The van der Waals surface area contributed by atoms with Crippen LogP contribution in [0.1, 0.15) is 50.7 Å². The molecule has 1 saturated heterocycles. The minimum Gasteiger partial charge on any atom is -0.364 e. The van der Waals surface area contributed by atoms with Crippen LogP contribution >= 0.6 is 0 Å². The molecular weight excluding hydrogens is 248 g/mol. The van der Waals surface area contributed by atoms with Crippen molar-refractivity contribution in [3.63, 3.8) is 0 Å². The molecule has 4 atom stereocenters. The molecule has 0 aromatic heterocycles. The van der Waals surface area contributed by atoms with E-state index in [1.807, 2.05) is 19.1 Å². The van der Waals surface area contributed by atoms with Gasteiger partial charge in [-0.05, 0) is 29.2 Å². The van der Waals surface area contributed by atoms with Crippen LogP contribution in [-0.2, 0) is 4.74 Å². The van der Waals surface area contributed by atoms with Gasteiger partial charge in [0.15, 0.2) is 5.78 Å². The van der Waals surface area contributed by atoms with Crippen molar-refractivity contribution in [1.82, 2.24) is 0 Å². The number of aryl methyl sites for hydroxylation is 1. The first-order valence-electron chi connectivity index (χ1n) is 7.15. The number of rotatable bonds is 0. The molecule has 20 heavy (non-hydrogen) atoms. The van der Waals surface area contributed by atoms with Crippen molar-refractivity contribution in [2.75, 3.05) is 0 Å². The maximum absolute atomic E-state index is 12.8. The highest BCUT2D eigenvalue weighted by molar-refractivity contribution is 6.05. The lowest BCUT2D eigenvalue weighted by molar-refractivity contribution is 0.0525.